The Bertz CT molecular complexity index is 2670. The number of esters is 2. The van der Waals surface area contributed by atoms with Crippen LogP contribution in [0.2, 0.25) is 0 Å². The monoisotopic (exact) mass is 1270 g/mol. The third-order valence-electron chi connectivity index (χ3n) is 10.8. The summed E-state index contributed by atoms with van der Waals surface area (Å²) in [5, 5.41) is 25.3. The fourth-order valence-corrected chi connectivity index (χ4v) is 8.71. The van der Waals surface area contributed by atoms with Crippen molar-refractivity contribution in [3.05, 3.63) is 119 Å². The Hall–Kier alpha value is -3.26. The van der Waals surface area contributed by atoms with Gasteiger partial charge in [-0.25, -0.2) is 19.2 Å². The molecule has 0 unspecified atom stereocenters. The summed E-state index contributed by atoms with van der Waals surface area (Å²) in [4.78, 5) is 68.3. The molecule has 2 fully saturated rings. The molecule has 2 heterocycles. The maximum Gasteiger partial charge on any atom is 1.00 e. The number of fused-ring (bicyclic) bond motifs is 6. The molecule has 0 spiro atoms. The van der Waals surface area contributed by atoms with E-state index >= 15 is 0 Å². The van der Waals surface area contributed by atoms with Crippen molar-refractivity contribution in [2.75, 3.05) is 33.6 Å². The fraction of sp³-hybridized carbons (Fsp3) is 0.380. The van der Waals surface area contributed by atoms with E-state index in [0.717, 1.165) is 61.4 Å². The molecule has 1 N–H and O–H groups in total. The van der Waals surface area contributed by atoms with Crippen LogP contribution in [0.5, 0.6) is 0 Å². The molecule has 4 aromatic carbocycles. The number of oxime groups is 2. The van der Waals surface area contributed by atoms with Crippen LogP contribution in [0.3, 0.4) is 0 Å². The Morgan fingerprint density at radius 3 is 1.25 bits per heavy atom. The zero-order valence-corrected chi connectivity index (χ0v) is 56.1. The third kappa shape index (κ3) is 17.6. The number of ether oxygens (including phenoxy) is 4. The van der Waals surface area contributed by atoms with Gasteiger partial charge in [0.15, 0.2) is 0 Å². The molecule has 0 bridgehead atoms. The molecule has 4 aromatic rings. The normalized spacial score (nSPS) is 17.7. The van der Waals surface area contributed by atoms with Gasteiger partial charge in [-0.3, -0.25) is 18.8 Å². The summed E-state index contributed by atoms with van der Waals surface area (Å²) in [5.74, 6) is -1.14. The molecular weight excluding hydrogens is 1210 g/mol. The molecular formula is C50H58Cs2N4O16S. The van der Waals surface area contributed by atoms with E-state index in [1.54, 1.807) is 41.5 Å². The molecule has 0 aromatic heterocycles. The smallest absolute Gasteiger partial charge is 1.00 e. The van der Waals surface area contributed by atoms with Crippen LogP contribution in [0, 0.1) is 0 Å². The Morgan fingerprint density at radius 1 is 0.630 bits per heavy atom. The van der Waals surface area contributed by atoms with Gasteiger partial charge in [-0.2, -0.15) is 8.42 Å². The fourth-order valence-electron chi connectivity index (χ4n) is 8.07. The van der Waals surface area contributed by atoms with E-state index in [4.69, 9.17) is 38.5 Å². The van der Waals surface area contributed by atoms with Crippen molar-refractivity contribution >= 4 is 52.1 Å². The summed E-state index contributed by atoms with van der Waals surface area (Å²) in [5.41, 5.74) is 8.50. The number of benzene rings is 4. The van der Waals surface area contributed by atoms with Gasteiger partial charge in [0, 0.05) is 35.1 Å². The summed E-state index contributed by atoms with van der Waals surface area (Å²) >= 11 is 0. The summed E-state index contributed by atoms with van der Waals surface area (Å²) in [6, 6.07) is 30.3. The Morgan fingerprint density at radius 2 is 0.945 bits per heavy atom. The molecule has 2 saturated heterocycles. The standard InChI is InChI=1S/C24H26N2O5.C13H9NO.C12H21NO7S.CH2O3.2Cs.H/c1-24(2,3)30-23(28)26-14-15(13-20(26)22(27)29-4)31-25-21-18-11-7-5-9-16(18)17-10-6-8-12-19(17)21;15-14-13-11-7-3-1-5-9(11)10-6-2-4-8-12(10)13;1-12(2,3)19-11(15)13-7-8(20-21(5,16)17)6-9(13)10(14)18-4;2-1-4-3;;;/h5-12,15,20H,13-14H2,1-4H3;1-8,15H;8-9H,6-7H2,1-5H3;1,3H;;;/q;;;;2*+1;-1/p-1/t15-,20+;;8-,9-;;;;/m1.0..../s1. The van der Waals surface area contributed by atoms with Crippen molar-refractivity contribution < 1.29 is 215 Å². The number of hydrogen-bond donors (Lipinski definition) is 1. The number of methoxy groups -OCH3 is 2. The largest absolute Gasteiger partial charge is 1.00 e. The molecule has 0 radical (unpaired) electrons. The van der Waals surface area contributed by atoms with Crippen molar-refractivity contribution in [2.45, 2.75) is 89.9 Å². The van der Waals surface area contributed by atoms with Crippen LogP contribution in [0.25, 0.3) is 22.3 Å². The number of likely N-dealkylation sites (tertiary alicyclic amines) is 2. The van der Waals surface area contributed by atoms with Crippen LogP contribution >= 0.6 is 0 Å². The van der Waals surface area contributed by atoms with Crippen LogP contribution in [0.4, 0.5) is 9.59 Å². The molecule has 2 aliphatic heterocycles. The maximum absolute atomic E-state index is 12.6. The molecule has 4 atom stereocenters. The predicted octanol–water partition coefficient (Wildman–Crippen LogP) is -0.0506. The number of hydrogen-bond acceptors (Lipinski definition) is 18. The van der Waals surface area contributed by atoms with E-state index in [0.29, 0.717) is 5.71 Å². The van der Waals surface area contributed by atoms with Crippen LogP contribution in [0.15, 0.2) is 107 Å². The van der Waals surface area contributed by atoms with Crippen LogP contribution in [0.1, 0.15) is 78.1 Å². The van der Waals surface area contributed by atoms with E-state index in [2.05, 4.69) is 32.1 Å². The molecule has 8 rings (SSSR count). The van der Waals surface area contributed by atoms with Crippen molar-refractivity contribution in [3.8, 4) is 22.3 Å². The van der Waals surface area contributed by atoms with E-state index < -0.39 is 69.7 Å². The molecule has 2 amide bonds. The molecule has 23 heteroatoms. The minimum absolute atomic E-state index is 0. The topological polar surface area (TPSA) is 259 Å². The quantitative estimate of drug-likeness (QED) is 0.0418. The molecule has 73 heavy (non-hydrogen) atoms. The van der Waals surface area contributed by atoms with Gasteiger partial charge in [0.1, 0.15) is 40.8 Å². The van der Waals surface area contributed by atoms with Crippen LogP contribution in [-0.2, 0) is 57.4 Å². The van der Waals surface area contributed by atoms with Gasteiger partial charge in [-0.05, 0) is 63.8 Å². The first-order chi connectivity index (χ1) is 33.5. The summed E-state index contributed by atoms with van der Waals surface area (Å²) in [6.45, 7) is 10.4. The van der Waals surface area contributed by atoms with Crippen molar-refractivity contribution in [2.24, 2.45) is 10.3 Å². The molecule has 4 aliphatic rings. The first-order valence-corrected chi connectivity index (χ1v) is 24.0. The van der Waals surface area contributed by atoms with Gasteiger partial charge in [-0.15, -0.1) is 0 Å². The number of nitrogens with zero attached hydrogens (tertiary/aromatic N) is 4. The second kappa shape index (κ2) is 28.8. The second-order valence-corrected chi connectivity index (χ2v) is 19.8. The first kappa shape index (κ1) is 64.0. The van der Waals surface area contributed by atoms with Crippen LogP contribution < -0.4 is 143 Å². The minimum atomic E-state index is -3.68. The number of rotatable bonds is 7. The van der Waals surface area contributed by atoms with Gasteiger partial charge in [0.05, 0.1) is 39.7 Å². The maximum atomic E-state index is 12.6. The third-order valence-corrected chi connectivity index (χ3v) is 11.4. The van der Waals surface area contributed by atoms with Crippen molar-refractivity contribution in [3.63, 3.8) is 0 Å². The van der Waals surface area contributed by atoms with Gasteiger partial charge >= 0.3 is 162 Å². The Labute approximate surface area is 543 Å². The number of carbonyl (C=O) groups excluding carboxylic acids is 5. The van der Waals surface area contributed by atoms with Gasteiger partial charge in [0.2, 0.25) is 0 Å². The predicted molar refractivity (Wildman–Crippen MR) is 256 cm³/mol. The number of carbonyl (C=O) groups is 5. The van der Waals surface area contributed by atoms with Crippen LogP contribution in [-0.4, -0.2) is 135 Å². The van der Waals surface area contributed by atoms with Gasteiger partial charge in [-0.1, -0.05) is 107 Å². The van der Waals surface area contributed by atoms with Crippen molar-refractivity contribution in [1.82, 2.24) is 9.80 Å². The molecule has 382 valence electrons. The Kier molecular flexibility index (Phi) is 25.2. The van der Waals surface area contributed by atoms with E-state index in [-0.39, 0.29) is 172 Å². The van der Waals surface area contributed by atoms with Gasteiger partial charge < -0.3 is 40.6 Å². The van der Waals surface area contributed by atoms with E-state index in [1.807, 2.05) is 84.9 Å². The number of amides is 2. The average molecular weight is 1270 g/mol. The minimum Gasteiger partial charge on any atom is -1.00 e. The van der Waals surface area contributed by atoms with Gasteiger partial charge in [0.25, 0.3) is 16.6 Å². The zero-order chi connectivity index (χ0) is 52.3. The molecule has 20 nitrogen and oxygen atoms in total. The summed E-state index contributed by atoms with van der Waals surface area (Å²) in [6.07, 6.45) is -1.29. The zero-order valence-electron chi connectivity index (χ0n) is 43.7. The summed E-state index contributed by atoms with van der Waals surface area (Å²) in [7, 11) is -1.18. The average Bonchev–Trinajstić information content (AvgIpc) is 4.10. The molecule has 0 saturated carbocycles. The Balaban J connectivity index is 0.000000379. The summed E-state index contributed by atoms with van der Waals surface area (Å²) < 4.78 is 47.3. The van der Waals surface area contributed by atoms with Crippen molar-refractivity contribution in [1.29, 1.82) is 0 Å². The first-order valence-electron chi connectivity index (χ1n) is 22.1. The second-order valence-electron chi connectivity index (χ2n) is 18.2. The van der Waals surface area contributed by atoms with E-state index in [1.165, 1.54) is 19.1 Å². The van der Waals surface area contributed by atoms with E-state index in [9.17, 15) is 27.6 Å². The SMILES string of the molecule is COC(=O)[C@@H]1C[C@@H](ON=C2c3ccccc3-c3ccccc32)CN1C(=O)OC(C)(C)C.COC(=O)[C@@H]1C[C@H](OS(C)(=O)=O)CN1C(=O)OC(C)(C)C.O=CO[O-].ON=C1c2ccccc2-c2ccccc21.[Cs+].[Cs+].[H-]. The molecule has 2 aliphatic carbocycles.